The van der Waals surface area contributed by atoms with Gasteiger partial charge in [-0.1, -0.05) is 19.3 Å². The number of aliphatic hydroxyl groups is 1. The molecule has 1 N–H and O–H groups in total. The largest absolute Gasteiger partial charge is 0.391 e. The lowest BCUT2D eigenvalue weighted by Gasteiger charge is -2.30. The molecule has 5 heteroatoms. The highest BCUT2D eigenvalue weighted by Crippen LogP contribution is 2.37. The standard InChI is InChI=1S/C17H21F2NO2/c18-12-6-7-15(19)14(8-12)16-9-13(21)10-20(16)17(22)11-4-2-1-3-5-11/h6-8,11,13,16,21H,1-5,9-10H2. The molecule has 0 spiro atoms. The van der Waals surface area contributed by atoms with Crippen LogP contribution in [-0.4, -0.2) is 28.6 Å². The quantitative estimate of drug-likeness (QED) is 0.911. The van der Waals surface area contributed by atoms with Gasteiger partial charge >= 0.3 is 0 Å². The Bertz CT molecular complexity index is 558. The number of carbonyl (C=O) groups excluding carboxylic acids is 1. The molecule has 0 bridgehead atoms. The summed E-state index contributed by atoms with van der Waals surface area (Å²) < 4.78 is 27.5. The molecular formula is C17H21F2NO2. The Labute approximate surface area is 128 Å². The number of hydrogen-bond acceptors (Lipinski definition) is 2. The first kappa shape index (κ1) is 15.4. The third-order valence-electron chi connectivity index (χ3n) is 4.83. The van der Waals surface area contributed by atoms with Crippen molar-refractivity contribution in [2.45, 2.75) is 50.7 Å². The van der Waals surface area contributed by atoms with Gasteiger partial charge in [0.1, 0.15) is 11.6 Å². The Kier molecular flexibility index (Phi) is 4.43. The predicted molar refractivity (Wildman–Crippen MR) is 78.0 cm³/mol. The summed E-state index contributed by atoms with van der Waals surface area (Å²) in [5.41, 5.74) is 0.167. The van der Waals surface area contributed by atoms with Crippen molar-refractivity contribution in [2.75, 3.05) is 6.54 Å². The molecule has 1 amide bonds. The van der Waals surface area contributed by atoms with Crippen LogP contribution in [0.1, 0.15) is 50.1 Å². The van der Waals surface area contributed by atoms with Crippen LogP contribution in [0.2, 0.25) is 0 Å². The first-order valence-electron chi connectivity index (χ1n) is 7.99. The number of rotatable bonds is 2. The van der Waals surface area contributed by atoms with Crippen LogP contribution in [0.25, 0.3) is 0 Å². The van der Waals surface area contributed by atoms with Gasteiger partial charge in [0.2, 0.25) is 5.91 Å². The molecule has 0 aromatic heterocycles. The summed E-state index contributed by atoms with van der Waals surface area (Å²) in [4.78, 5) is 14.3. The normalized spacial score (nSPS) is 26.4. The molecule has 3 nitrogen and oxygen atoms in total. The van der Waals surface area contributed by atoms with Crippen LogP contribution in [0.3, 0.4) is 0 Å². The topological polar surface area (TPSA) is 40.5 Å². The first-order valence-corrected chi connectivity index (χ1v) is 7.99. The molecule has 3 rings (SSSR count). The summed E-state index contributed by atoms with van der Waals surface area (Å²) in [7, 11) is 0. The molecule has 1 heterocycles. The van der Waals surface area contributed by atoms with Crippen molar-refractivity contribution in [2.24, 2.45) is 5.92 Å². The number of benzene rings is 1. The van der Waals surface area contributed by atoms with E-state index in [9.17, 15) is 18.7 Å². The zero-order chi connectivity index (χ0) is 15.7. The van der Waals surface area contributed by atoms with E-state index in [1.807, 2.05) is 0 Å². The highest BCUT2D eigenvalue weighted by Gasteiger charge is 2.39. The van der Waals surface area contributed by atoms with Crippen LogP contribution in [0.4, 0.5) is 8.78 Å². The van der Waals surface area contributed by atoms with Gasteiger partial charge < -0.3 is 10.0 Å². The highest BCUT2D eigenvalue weighted by atomic mass is 19.1. The van der Waals surface area contributed by atoms with Crippen molar-refractivity contribution in [1.82, 2.24) is 4.90 Å². The molecule has 2 aliphatic rings. The Hall–Kier alpha value is -1.49. The molecule has 2 unspecified atom stereocenters. The number of β-amino-alcohol motifs (C(OH)–C–C–N with tert-alkyl or cyclic N) is 1. The second-order valence-electron chi connectivity index (χ2n) is 6.40. The number of nitrogens with zero attached hydrogens (tertiary/aromatic N) is 1. The maximum Gasteiger partial charge on any atom is 0.226 e. The van der Waals surface area contributed by atoms with E-state index < -0.39 is 23.8 Å². The third kappa shape index (κ3) is 3.00. The summed E-state index contributed by atoms with van der Waals surface area (Å²) in [5.74, 6) is -1.12. The van der Waals surface area contributed by atoms with E-state index in [-0.39, 0.29) is 30.4 Å². The van der Waals surface area contributed by atoms with Crippen molar-refractivity contribution in [3.63, 3.8) is 0 Å². The first-order chi connectivity index (χ1) is 10.6. The molecule has 2 fully saturated rings. The molecule has 1 aliphatic heterocycles. The average Bonchev–Trinajstić information content (AvgIpc) is 2.91. The van der Waals surface area contributed by atoms with Crippen molar-refractivity contribution >= 4 is 5.91 Å². The molecule has 22 heavy (non-hydrogen) atoms. The highest BCUT2D eigenvalue weighted by molar-refractivity contribution is 5.79. The Morgan fingerprint density at radius 2 is 1.91 bits per heavy atom. The molecule has 2 atom stereocenters. The molecular weight excluding hydrogens is 288 g/mol. The van der Waals surface area contributed by atoms with Crippen molar-refractivity contribution in [3.05, 3.63) is 35.4 Å². The number of amides is 1. The van der Waals surface area contributed by atoms with E-state index in [2.05, 4.69) is 0 Å². The third-order valence-corrected chi connectivity index (χ3v) is 4.83. The van der Waals surface area contributed by atoms with E-state index in [0.29, 0.717) is 0 Å². The number of hydrogen-bond donors (Lipinski definition) is 1. The van der Waals surface area contributed by atoms with Gasteiger partial charge in [0, 0.05) is 18.0 Å². The number of carbonyl (C=O) groups is 1. The predicted octanol–water partition coefficient (Wildman–Crippen LogP) is 3.18. The van der Waals surface area contributed by atoms with Gasteiger partial charge in [0.25, 0.3) is 0 Å². The van der Waals surface area contributed by atoms with Gasteiger partial charge in [-0.15, -0.1) is 0 Å². The summed E-state index contributed by atoms with van der Waals surface area (Å²) in [6.45, 7) is 0.204. The molecule has 1 aromatic carbocycles. The Morgan fingerprint density at radius 1 is 1.18 bits per heavy atom. The van der Waals surface area contributed by atoms with E-state index in [0.717, 1.165) is 50.3 Å². The fourth-order valence-electron chi connectivity index (χ4n) is 3.71. The van der Waals surface area contributed by atoms with Crippen LogP contribution in [0, 0.1) is 17.6 Å². The Morgan fingerprint density at radius 3 is 2.64 bits per heavy atom. The van der Waals surface area contributed by atoms with Gasteiger partial charge in [-0.3, -0.25) is 4.79 Å². The SMILES string of the molecule is O=C(C1CCCCC1)N1CC(O)CC1c1cc(F)ccc1F. The zero-order valence-electron chi connectivity index (χ0n) is 12.5. The maximum absolute atomic E-state index is 14.0. The zero-order valence-corrected chi connectivity index (χ0v) is 12.5. The van der Waals surface area contributed by atoms with E-state index >= 15 is 0 Å². The minimum Gasteiger partial charge on any atom is -0.391 e. The van der Waals surface area contributed by atoms with Crippen LogP contribution in [0.5, 0.6) is 0 Å². The van der Waals surface area contributed by atoms with Crippen LogP contribution in [-0.2, 0) is 4.79 Å². The number of aliphatic hydroxyl groups excluding tert-OH is 1. The van der Waals surface area contributed by atoms with E-state index in [1.165, 1.54) is 0 Å². The molecule has 0 radical (unpaired) electrons. The average molecular weight is 309 g/mol. The smallest absolute Gasteiger partial charge is 0.226 e. The van der Waals surface area contributed by atoms with Crippen molar-refractivity contribution in [3.8, 4) is 0 Å². The van der Waals surface area contributed by atoms with E-state index in [1.54, 1.807) is 4.90 Å². The molecule has 120 valence electrons. The van der Waals surface area contributed by atoms with Crippen LogP contribution in [0.15, 0.2) is 18.2 Å². The monoisotopic (exact) mass is 309 g/mol. The summed E-state index contributed by atoms with van der Waals surface area (Å²) in [6, 6.07) is 2.72. The number of likely N-dealkylation sites (tertiary alicyclic amines) is 1. The number of halogens is 2. The molecule has 1 aromatic rings. The van der Waals surface area contributed by atoms with Gasteiger partial charge in [-0.2, -0.15) is 0 Å². The second-order valence-corrected chi connectivity index (χ2v) is 6.40. The van der Waals surface area contributed by atoms with Crippen LogP contribution < -0.4 is 0 Å². The van der Waals surface area contributed by atoms with Gasteiger partial charge in [-0.05, 0) is 37.5 Å². The minimum atomic E-state index is -0.680. The molecule has 1 saturated heterocycles. The fraction of sp³-hybridized carbons (Fsp3) is 0.588. The minimum absolute atomic E-state index is 0.0232. The van der Waals surface area contributed by atoms with E-state index in [4.69, 9.17) is 0 Å². The second kappa shape index (κ2) is 6.32. The maximum atomic E-state index is 14.0. The summed E-state index contributed by atoms with van der Waals surface area (Å²) >= 11 is 0. The van der Waals surface area contributed by atoms with Gasteiger partial charge in [0.05, 0.1) is 12.1 Å². The van der Waals surface area contributed by atoms with Crippen LogP contribution >= 0.6 is 0 Å². The fourth-order valence-corrected chi connectivity index (χ4v) is 3.71. The van der Waals surface area contributed by atoms with Gasteiger partial charge in [-0.25, -0.2) is 8.78 Å². The lowest BCUT2D eigenvalue weighted by Crippen LogP contribution is -2.37. The Balaban J connectivity index is 1.85. The summed E-state index contributed by atoms with van der Waals surface area (Å²) in [5, 5.41) is 9.93. The van der Waals surface area contributed by atoms with Crippen molar-refractivity contribution < 1.29 is 18.7 Å². The van der Waals surface area contributed by atoms with Crippen molar-refractivity contribution in [1.29, 1.82) is 0 Å². The lowest BCUT2D eigenvalue weighted by molar-refractivity contribution is -0.137. The van der Waals surface area contributed by atoms with Gasteiger partial charge in [0.15, 0.2) is 0 Å². The molecule has 1 aliphatic carbocycles. The molecule has 1 saturated carbocycles. The summed E-state index contributed by atoms with van der Waals surface area (Å²) in [6.07, 6.45) is 4.50. The lowest BCUT2D eigenvalue weighted by atomic mass is 9.88.